The van der Waals surface area contributed by atoms with Crippen LogP contribution in [0.3, 0.4) is 0 Å². The zero-order chi connectivity index (χ0) is 20.5. The van der Waals surface area contributed by atoms with Crippen molar-refractivity contribution < 1.29 is 13.2 Å². The highest BCUT2D eigenvalue weighted by atomic mass is 32.2. The van der Waals surface area contributed by atoms with E-state index < -0.39 is 10.0 Å². The Balaban J connectivity index is 1.70. The largest absolute Gasteiger partial charge is 0.337 e. The molecule has 0 radical (unpaired) electrons. The van der Waals surface area contributed by atoms with Gasteiger partial charge in [-0.2, -0.15) is 9.40 Å². The minimum Gasteiger partial charge on any atom is -0.337 e. The molecule has 0 aliphatic carbocycles. The molecule has 0 aromatic carbocycles. The Kier molecular flexibility index (Phi) is 6.07. The topological polar surface area (TPSA) is 75.5 Å². The zero-order valence-corrected chi connectivity index (χ0v) is 18.3. The Morgan fingerprint density at radius 1 is 1.21 bits per heavy atom. The monoisotopic (exact) mass is 422 g/mol. The number of carbonyl (C=O) groups excluding carboxylic acids is 1. The average Bonchev–Trinajstić information content (AvgIpc) is 3.27. The van der Waals surface area contributed by atoms with Crippen molar-refractivity contribution >= 4 is 33.3 Å². The number of aromatic nitrogens is 2. The molecular weight excluding hydrogens is 396 g/mol. The highest BCUT2D eigenvalue weighted by Crippen LogP contribution is 2.26. The van der Waals surface area contributed by atoms with Crippen LogP contribution in [0.1, 0.15) is 36.2 Å². The maximum atomic E-state index is 13.2. The molecule has 0 N–H and O–H groups in total. The molecule has 1 fully saturated rings. The summed E-state index contributed by atoms with van der Waals surface area (Å²) >= 11 is 1.57. The first kappa shape index (κ1) is 20.8. The number of piperazine rings is 1. The lowest BCUT2D eigenvalue weighted by molar-refractivity contribution is -0.127. The molecule has 3 rings (SSSR count). The van der Waals surface area contributed by atoms with Crippen LogP contribution in [-0.4, -0.2) is 59.5 Å². The number of amides is 1. The van der Waals surface area contributed by atoms with E-state index in [0.29, 0.717) is 29.4 Å². The summed E-state index contributed by atoms with van der Waals surface area (Å²) in [5.74, 6) is -0.0922. The summed E-state index contributed by atoms with van der Waals surface area (Å²) in [6, 6.07) is 3.97. The van der Waals surface area contributed by atoms with Gasteiger partial charge >= 0.3 is 0 Å². The molecule has 0 atom stereocenters. The molecule has 2 aromatic rings. The van der Waals surface area contributed by atoms with E-state index in [1.165, 1.54) is 4.31 Å². The lowest BCUT2D eigenvalue weighted by Gasteiger charge is -2.33. The number of nitrogens with zero attached hydrogens (tertiary/aromatic N) is 4. The molecule has 0 saturated carbocycles. The zero-order valence-electron chi connectivity index (χ0n) is 16.6. The van der Waals surface area contributed by atoms with E-state index in [1.807, 2.05) is 31.4 Å². The number of hydrogen-bond acceptors (Lipinski definition) is 5. The van der Waals surface area contributed by atoms with Crippen LogP contribution in [0.2, 0.25) is 0 Å². The molecule has 0 bridgehead atoms. The standard InChI is InChI=1S/C19H26N4O3S2/c1-14(2)23-16(4)19(15(3)20-23)28(25,26)22-11-9-21(10-12-22)18(24)8-7-17-6-5-13-27-17/h5-8,13-14H,9-12H2,1-4H3/b8-7+. The van der Waals surface area contributed by atoms with Crippen molar-refractivity contribution in [1.29, 1.82) is 0 Å². The highest BCUT2D eigenvalue weighted by Gasteiger charge is 2.34. The third kappa shape index (κ3) is 4.06. The van der Waals surface area contributed by atoms with Crippen molar-refractivity contribution in [2.24, 2.45) is 0 Å². The fourth-order valence-corrected chi connectivity index (χ4v) is 5.85. The average molecular weight is 423 g/mol. The molecule has 152 valence electrons. The van der Waals surface area contributed by atoms with E-state index in [1.54, 1.807) is 46.9 Å². The molecule has 1 aliphatic rings. The van der Waals surface area contributed by atoms with Crippen molar-refractivity contribution in [3.05, 3.63) is 39.9 Å². The van der Waals surface area contributed by atoms with E-state index in [4.69, 9.17) is 0 Å². The van der Waals surface area contributed by atoms with Crippen LogP contribution >= 0.6 is 11.3 Å². The Morgan fingerprint density at radius 3 is 2.43 bits per heavy atom. The Bertz CT molecular complexity index is 967. The van der Waals surface area contributed by atoms with Gasteiger partial charge in [-0.05, 0) is 45.2 Å². The highest BCUT2D eigenvalue weighted by molar-refractivity contribution is 7.89. The minimum absolute atomic E-state index is 0.0900. The molecule has 3 heterocycles. The third-order valence-electron chi connectivity index (χ3n) is 4.83. The summed E-state index contributed by atoms with van der Waals surface area (Å²) in [7, 11) is -3.64. The van der Waals surface area contributed by atoms with Gasteiger partial charge in [0.2, 0.25) is 15.9 Å². The van der Waals surface area contributed by atoms with Crippen molar-refractivity contribution in [3.63, 3.8) is 0 Å². The van der Waals surface area contributed by atoms with Crippen LogP contribution in [0.15, 0.2) is 28.5 Å². The van der Waals surface area contributed by atoms with Gasteiger partial charge in [0.1, 0.15) is 4.90 Å². The van der Waals surface area contributed by atoms with E-state index in [-0.39, 0.29) is 25.0 Å². The molecule has 7 nitrogen and oxygen atoms in total. The van der Waals surface area contributed by atoms with Crippen LogP contribution in [0.5, 0.6) is 0 Å². The molecule has 1 saturated heterocycles. The first-order valence-electron chi connectivity index (χ1n) is 9.28. The van der Waals surface area contributed by atoms with Crippen LogP contribution in [0.4, 0.5) is 0 Å². The van der Waals surface area contributed by atoms with Crippen molar-refractivity contribution in [1.82, 2.24) is 19.0 Å². The summed E-state index contributed by atoms with van der Waals surface area (Å²) in [6.07, 6.45) is 3.35. The second kappa shape index (κ2) is 8.18. The fraction of sp³-hybridized carbons (Fsp3) is 0.474. The molecule has 1 aliphatic heterocycles. The predicted molar refractivity (Wildman–Crippen MR) is 111 cm³/mol. The summed E-state index contributed by atoms with van der Waals surface area (Å²) in [6.45, 7) is 8.80. The van der Waals surface area contributed by atoms with Crippen LogP contribution in [-0.2, 0) is 14.8 Å². The van der Waals surface area contributed by atoms with Crippen molar-refractivity contribution in [2.75, 3.05) is 26.2 Å². The molecule has 0 spiro atoms. The van der Waals surface area contributed by atoms with Gasteiger partial charge in [-0.25, -0.2) is 8.42 Å². The molecule has 0 unspecified atom stereocenters. The van der Waals surface area contributed by atoms with Crippen LogP contribution in [0, 0.1) is 13.8 Å². The maximum absolute atomic E-state index is 13.2. The Labute approximate surface area is 170 Å². The lowest BCUT2D eigenvalue weighted by atomic mass is 10.3. The van der Waals surface area contributed by atoms with Gasteiger partial charge in [0.25, 0.3) is 0 Å². The SMILES string of the molecule is Cc1nn(C(C)C)c(C)c1S(=O)(=O)N1CCN(C(=O)/C=C/c2cccs2)CC1. The molecule has 28 heavy (non-hydrogen) atoms. The lowest BCUT2D eigenvalue weighted by Crippen LogP contribution is -2.50. The smallest absolute Gasteiger partial charge is 0.246 e. The van der Waals surface area contributed by atoms with Gasteiger partial charge in [-0.1, -0.05) is 6.07 Å². The maximum Gasteiger partial charge on any atom is 0.246 e. The number of aryl methyl sites for hydroxylation is 1. The van der Waals surface area contributed by atoms with Crippen LogP contribution < -0.4 is 0 Å². The van der Waals surface area contributed by atoms with Gasteiger partial charge in [0.15, 0.2) is 0 Å². The molecule has 2 aromatic heterocycles. The summed E-state index contributed by atoms with van der Waals surface area (Å²) < 4.78 is 29.6. The van der Waals surface area contributed by atoms with E-state index in [0.717, 1.165) is 4.88 Å². The second-order valence-corrected chi connectivity index (χ2v) is 9.97. The first-order valence-corrected chi connectivity index (χ1v) is 11.6. The molecule has 9 heteroatoms. The molecular formula is C19H26N4O3S2. The first-order chi connectivity index (χ1) is 13.2. The number of hydrogen-bond donors (Lipinski definition) is 0. The Morgan fingerprint density at radius 2 is 1.89 bits per heavy atom. The van der Waals surface area contributed by atoms with Crippen molar-refractivity contribution in [3.8, 4) is 0 Å². The predicted octanol–water partition coefficient (Wildman–Crippen LogP) is 2.69. The molecule has 1 amide bonds. The number of carbonyl (C=O) groups is 1. The van der Waals surface area contributed by atoms with E-state index in [9.17, 15) is 13.2 Å². The second-order valence-electron chi connectivity index (χ2n) is 7.12. The third-order valence-corrected chi connectivity index (χ3v) is 7.82. The summed E-state index contributed by atoms with van der Waals surface area (Å²) in [5.41, 5.74) is 1.17. The number of rotatable bonds is 5. The van der Waals surface area contributed by atoms with E-state index >= 15 is 0 Å². The van der Waals surface area contributed by atoms with Gasteiger partial charge in [0, 0.05) is 43.2 Å². The minimum atomic E-state index is -3.64. The quantitative estimate of drug-likeness (QED) is 0.695. The van der Waals surface area contributed by atoms with Crippen molar-refractivity contribution in [2.45, 2.75) is 38.6 Å². The normalized spacial score (nSPS) is 16.4. The summed E-state index contributed by atoms with van der Waals surface area (Å²) in [4.78, 5) is 15.4. The fourth-order valence-electron chi connectivity index (χ4n) is 3.45. The van der Waals surface area contributed by atoms with Gasteiger partial charge in [-0.3, -0.25) is 9.48 Å². The van der Waals surface area contributed by atoms with Gasteiger partial charge in [-0.15, -0.1) is 11.3 Å². The van der Waals surface area contributed by atoms with E-state index in [2.05, 4.69) is 5.10 Å². The van der Waals surface area contributed by atoms with Gasteiger partial charge in [0.05, 0.1) is 11.4 Å². The number of sulfonamides is 1. The Hall–Kier alpha value is -1.97. The van der Waals surface area contributed by atoms with Crippen LogP contribution in [0.25, 0.3) is 6.08 Å². The summed E-state index contributed by atoms with van der Waals surface area (Å²) in [5, 5.41) is 6.36. The number of thiophene rings is 1. The van der Waals surface area contributed by atoms with Gasteiger partial charge < -0.3 is 4.90 Å².